The van der Waals surface area contributed by atoms with E-state index < -0.39 is 0 Å². The summed E-state index contributed by atoms with van der Waals surface area (Å²) in [5, 5.41) is 6.75. The number of benzene rings is 1. The third-order valence-electron chi connectivity index (χ3n) is 3.77. The van der Waals surface area contributed by atoms with Crippen LogP contribution in [-0.4, -0.2) is 24.2 Å². The summed E-state index contributed by atoms with van der Waals surface area (Å²) in [4.78, 5) is 12.2. The molecule has 5 nitrogen and oxygen atoms in total. The molecule has 1 atom stereocenters. The number of para-hydroxylation sites is 1. The Kier molecular flexibility index (Phi) is 3.64. The van der Waals surface area contributed by atoms with Crippen LogP contribution in [0.2, 0.25) is 0 Å². The molecule has 110 valence electrons. The van der Waals surface area contributed by atoms with Crippen molar-refractivity contribution >= 4 is 5.91 Å². The number of nitrogens with one attached hydrogen (secondary N) is 1. The van der Waals surface area contributed by atoms with Gasteiger partial charge in [0.25, 0.3) is 5.91 Å². The van der Waals surface area contributed by atoms with Gasteiger partial charge in [-0.15, -0.1) is 0 Å². The summed E-state index contributed by atoms with van der Waals surface area (Å²) < 4.78 is 10.7. The van der Waals surface area contributed by atoms with Crippen LogP contribution in [-0.2, 0) is 6.42 Å². The average Bonchev–Trinajstić information content (AvgIpc) is 2.84. The van der Waals surface area contributed by atoms with Gasteiger partial charge in [0.05, 0.1) is 12.3 Å². The van der Waals surface area contributed by atoms with Crippen LogP contribution in [0, 0.1) is 19.8 Å². The molecule has 3 rings (SSSR count). The van der Waals surface area contributed by atoms with Gasteiger partial charge in [-0.2, -0.15) is 0 Å². The first-order valence-electron chi connectivity index (χ1n) is 7.07. The van der Waals surface area contributed by atoms with Gasteiger partial charge in [0.15, 0.2) is 0 Å². The minimum Gasteiger partial charge on any atom is -0.493 e. The van der Waals surface area contributed by atoms with Crippen molar-refractivity contribution in [1.29, 1.82) is 0 Å². The minimum absolute atomic E-state index is 0.134. The lowest BCUT2D eigenvalue weighted by Gasteiger charge is -2.25. The number of carbonyl (C=O) groups is 1. The van der Waals surface area contributed by atoms with Crippen LogP contribution >= 0.6 is 0 Å². The predicted octanol–water partition coefficient (Wildman–Crippen LogP) is 2.27. The van der Waals surface area contributed by atoms with E-state index >= 15 is 0 Å². The molecule has 0 spiro atoms. The molecular formula is C16H18N2O3. The van der Waals surface area contributed by atoms with E-state index in [1.54, 1.807) is 13.8 Å². The molecule has 1 aromatic carbocycles. The molecule has 1 N–H and O–H groups in total. The zero-order valence-corrected chi connectivity index (χ0v) is 12.2. The number of aromatic nitrogens is 1. The number of rotatable bonds is 3. The number of fused-ring (bicyclic) bond motifs is 1. The largest absolute Gasteiger partial charge is 0.493 e. The first-order chi connectivity index (χ1) is 10.1. The van der Waals surface area contributed by atoms with Crippen LogP contribution in [0.3, 0.4) is 0 Å². The normalized spacial score (nSPS) is 17.0. The van der Waals surface area contributed by atoms with Crippen molar-refractivity contribution in [3.8, 4) is 5.75 Å². The molecule has 0 bridgehead atoms. The molecule has 1 aromatic heterocycles. The van der Waals surface area contributed by atoms with Crippen LogP contribution in [0.4, 0.5) is 0 Å². The third-order valence-corrected chi connectivity index (χ3v) is 3.77. The average molecular weight is 286 g/mol. The highest BCUT2D eigenvalue weighted by Crippen LogP contribution is 2.26. The molecule has 1 aliphatic heterocycles. The van der Waals surface area contributed by atoms with Crippen molar-refractivity contribution in [2.45, 2.75) is 20.3 Å². The second-order valence-corrected chi connectivity index (χ2v) is 5.40. The maximum atomic E-state index is 12.2. The number of carbonyl (C=O) groups excluding carboxylic acids is 1. The number of aryl methyl sites for hydroxylation is 2. The summed E-state index contributed by atoms with van der Waals surface area (Å²) in [7, 11) is 0. The molecule has 0 aliphatic carbocycles. The molecule has 2 heterocycles. The first-order valence-corrected chi connectivity index (χ1v) is 7.07. The molecule has 0 fully saturated rings. The number of amides is 1. The number of hydrogen-bond donors (Lipinski definition) is 1. The van der Waals surface area contributed by atoms with E-state index in [2.05, 4.69) is 16.5 Å². The molecule has 21 heavy (non-hydrogen) atoms. The van der Waals surface area contributed by atoms with Crippen molar-refractivity contribution in [2.75, 3.05) is 13.2 Å². The molecular weight excluding hydrogens is 268 g/mol. The van der Waals surface area contributed by atoms with E-state index in [-0.39, 0.29) is 11.8 Å². The van der Waals surface area contributed by atoms with Crippen LogP contribution in [0.5, 0.6) is 5.75 Å². The maximum Gasteiger partial charge on any atom is 0.256 e. The smallest absolute Gasteiger partial charge is 0.256 e. The van der Waals surface area contributed by atoms with E-state index in [1.165, 1.54) is 5.56 Å². The van der Waals surface area contributed by atoms with Crippen LogP contribution < -0.4 is 10.1 Å². The van der Waals surface area contributed by atoms with Gasteiger partial charge in [-0.25, -0.2) is 0 Å². The second-order valence-electron chi connectivity index (χ2n) is 5.40. The number of nitrogens with zero attached hydrogens (tertiary/aromatic N) is 1. The van der Waals surface area contributed by atoms with Gasteiger partial charge in [-0.1, -0.05) is 23.4 Å². The molecule has 1 aliphatic rings. The van der Waals surface area contributed by atoms with Gasteiger partial charge < -0.3 is 14.6 Å². The standard InChI is InChI=1S/C16H18N2O3/c1-10-15(11(2)21-18-10)16(19)17-8-12-7-13-5-3-4-6-14(13)20-9-12/h3-6,12H,7-9H2,1-2H3,(H,17,19)/t12-/m1/s1. The molecule has 0 radical (unpaired) electrons. The van der Waals surface area contributed by atoms with E-state index in [0.717, 1.165) is 12.2 Å². The lowest BCUT2D eigenvalue weighted by Crippen LogP contribution is -2.35. The fraction of sp³-hybridized carbons (Fsp3) is 0.375. The molecule has 0 saturated carbocycles. The van der Waals surface area contributed by atoms with E-state index in [1.807, 2.05) is 18.2 Å². The summed E-state index contributed by atoms with van der Waals surface area (Å²) in [6.07, 6.45) is 0.915. The lowest BCUT2D eigenvalue weighted by atomic mass is 9.96. The highest BCUT2D eigenvalue weighted by atomic mass is 16.5. The summed E-state index contributed by atoms with van der Waals surface area (Å²) in [5.74, 6) is 1.65. The Labute approximate surface area is 123 Å². The fourth-order valence-electron chi connectivity index (χ4n) is 2.65. The Bertz CT molecular complexity index is 644. The van der Waals surface area contributed by atoms with Crippen molar-refractivity contribution in [3.05, 3.63) is 46.8 Å². The topological polar surface area (TPSA) is 64.4 Å². The summed E-state index contributed by atoms with van der Waals surface area (Å²) in [6.45, 7) is 4.72. The van der Waals surface area contributed by atoms with E-state index in [0.29, 0.717) is 30.2 Å². The molecule has 5 heteroatoms. The molecule has 0 unspecified atom stereocenters. The summed E-state index contributed by atoms with van der Waals surface area (Å²) >= 11 is 0. The second kappa shape index (κ2) is 5.60. The summed E-state index contributed by atoms with van der Waals surface area (Å²) in [5.41, 5.74) is 2.35. The van der Waals surface area contributed by atoms with Crippen molar-refractivity contribution in [1.82, 2.24) is 10.5 Å². The highest BCUT2D eigenvalue weighted by molar-refractivity contribution is 5.96. The van der Waals surface area contributed by atoms with Gasteiger partial charge in [-0.05, 0) is 31.9 Å². The van der Waals surface area contributed by atoms with Gasteiger partial charge in [-0.3, -0.25) is 4.79 Å². The molecule has 0 saturated heterocycles. The Morgan fingerprint density at radius 3 is 2.95 bits per heavy atom. The van der Waals surface area contributed by atoms with E-state index in [9.17, 15) is 4.79 Å². The van der Waals surface area contributed by atoms with Gasteiger partial charge >= 0.3 is 0 Å². The Morgan fingerprint density at radius 2 is 2.19 bits per heavy atom. The zero-order valence-electron chi connectivity index (χ0n) is 12.2. The zero-order chi connectivity index (χ0) is 14.8. The van der Waals surface area contributed by atoms with Crippen molar-refractivity contribution in [2.24, 2.45) is 5.92 Å². The predicted molar refractivity (Wildman–Crippen MR) is 77.4 cm³/mol. The van der Waals surface area contributed by atoms with Gasteiger partial charge in [0.2, 0.25) is 0 Å². The monoisotopic (exact) mass is 286 g/mol. The fourth-order valence-corrected chi connectivity index (χ4v) is 2.65. The summed E-state index contributed by atoms with van der Waals surface area (Å²) in [6, 6.07) is 8.02. The van der Waals surface area contributed by atoms with Gasteiger partial charge in [0.1, 0.15) is 17.1 Å². The Balaban J connectivity index is 1.61. The van der Waals surface area contributed by atoms with Crippen molar-refractivity contribution in [3.63, 3.8) is 0 Å². The minimum atomic E-state index is -0.134. The SMILES string of the molecule is Cc1noc(C)c1C(=O)NC[C@@H]1COc2ccccc2C1. The van der Waals surface area contributed by atoms with Crippen LogP contribution in [0.25, 0.3) is 0 Å². The lowest BCUT2D eigenvalue weighted by molar-refractivity contribution is 0.0937. The Morgan fingerprint density at radius 1 is 1.38 bits per heavy atom. The quantitative estimate of drug-likeness (QED) is 0.940. The third kappa shape index (κ3) is 2.77. The number of hydrogen-bond acceptors (Lipinski definition) is 4. The molecule has 1 amide bonds. The van der Waals surface area contributed by atoms with Crippen LogP contribution in [0.1, 0.15) is 27.4 Å². The highest BCUT2D eigenvalue weighted by Gasteiger charge is 2.22. The maximum absolute atomic E-state index is 12.2. The van der Waals surface area contributed by atoms with Crippen molar-refractivity contribution < 1.29 is 14.1 Å². The van der Waals surface area contributed by atoms with Gasteiger partial charge in [0, 0.05) is 12.5 Å². The number of ether oxygens (including phenoxy) is 1. The Hall–Kier alpha value is -2.30. The van der Waals surface area contributed by atoms with Crippen LogP contribution in [0.15, 0.2) is 28.8 Å². The molecule has 2 aromatic rings. The first kappa shape index (κ1) is 13.7. The van der Waals surface area contributed by atoms with E-state index in [4.69, 9.17) is 9.26 Å².